The highest BCUT2D eigenvalue weighted by Crippen LogP contribution is 2.26. The Hall–Kier alpha value is -3.02. The summed E-state index contributed by atoms with van der Waals surface area (Å²) in [4.78, 5) is 16.3. The van der Waals surface area contributed by atoms with E-state index in [1.54, 1.807) is 0 Å². The van der Waals surface area contributed by atoms with Crippen LogP contribution in [-0.4, -0.2) is 34.1 Å². The molecule has 2 aromatic carbocycles. The second-order valence-electron chi connectivity index (χ2n) is 7.15. The molecule has 0 radical (unpaired) electrons. The van der Waals surface area contributed by atoms with E-state index in [9.17, 15) is 20.1 Å². The van der Waals surface area contributed by atoms with Gasteiger partial charge in [-0.05, 0) is 48.2 Å². The number of phenolic OH excluding ortho intramolecular Hbond substituents is 3. The van der Waals surface area contributed by atoms with Crippen molar-refractivity contribution in [3.8, 4) is 17.2 Å². The first-order valence-electron chi connectivity index (χ1n) is 8.22. The number of aromatic hydroxyl groups is 3. The van der Waals surface area contributed by atoms with E-state index in [0.29, 0.717) is 17.7 Å². The molecular formula is C20H23NO5. The number of hydrogen-bond acceptors (Lipinski definition) is 6. The topological polar surface area (TPSA) is 99.4 Å². The molecule has 0 spiro atoms. The Morgan fingerprint density at radius 2 is 1.77 bits per heavy atom. The Kier molecular flexibility index (Phi) is 5.87. The van der Waals surface area contributed by atoms with Crippen LogP contribution >= 0.6 is 0 Å². The average molecular weight is 357 g/mol. The first-order chi connectivity index (χ1) is 12.2. The molecule has 0 fully saturated rings. The summed E-state index contributed by atoms with van der Waals surface area (Å²) in [6, 6.07) is 8.36. The zero-order valence-electron chi connectivity index (χ0n) is 15.1. The summed E-state index contributed by atoms with van der Waals surface area (Å²) in [6.07, 6.45) is 2.06. The molecule has 6 heteroatoms. The second kappa shape index (κ2) is 7.91. The minimum absolute atomic E-state index is 0.00179. The predicted molar refractivity (Wildman–Crippen MR) is 99.5 cm³/mol. The summed E-state index contributed by atoms with van der Waals surface area (Å²) in [5, 5.41) is 29.1. The molecule has 0 heterocycles. The summed E-state index contributed by atoms with van der Waals surface area (Å²) in [6.45, 7) is 6.39. The standard InChI is InChI=1S/C20H23NO5/c1-20(2,3)8-9-26-19(25)16-11-14(4-6-18(16)24)21-12-13-10-15(22)5-7-17(13)23/h4-7,10-12,22-24H,8-9H2,1-3H3. The van der Waals surface area contributed by atoms with E-state index in [2.05, 4.69) is 4.99 Å². The molecule has 6 nitrogen and oxygen atoms in total. The fraction of sp³-hybridized carbons (Fsp3) is 0.300. The number of aliphatic imine (C=N–C) groups is 1. The quantitative estimate of drug-likeness (QED) is 0.424. The zero-order chi connectivity index (χ0) is 19.3. The van der Waals surface area contributed by atoms with Gasteiger partial charge in [0.05, 0.1) is 12.3 Å². The van der Waals surface area contributed by atoms with E-state index in [-0.39, 0.29) is 34.8 Å². The Labute approximate surface area is 152 Å². The van der Waals surface area contributed by atoms with Crippen molar-refractivity contribution in [1.82, 2.24) is 0 Å². The fourth-order valence-corrected chi connectivity index (χ4v) is 2.08. The van der Waals surface area contributed by atoms with E-state index in [0.717, 1.165) is 0 Å². The first-order valence-corrected chi connectivity index (χ1v) is 8.22. The first kappa shape index (κ1) is 19.3. The highest BCUT2D eigenvalue weighted by atomic mass is 16.5. The molecule has 0 unspecified atom stereocenters. The Morgan fingerprint density at radius 1 is 1.08 bits per heavy atom. The molecule has 2 aromatic rings. The van der Waals surface area contributed by atoms with Gasteiger partial charge in [-0.15, -0.1) is 0 Å². The van der Waals surface area contributed by atoms with Gasteiger partial charge in [0.1, 0.15) is 22.8 Å². The SMILES string of the molecule is CC(C)(C)CCOC(=O)c1cc(N=Cc2cc(O)ccc2O)ccc1O. The van der Waals surface area contributed by atoms with Crippen LogP contribution in [0.2, 0.25) is 0 Å². The Bertz CT molecular complexity index is 821. The lowest BCUT2D eigenvalue weighted by atomic mass is 9.93. The van der Waals surface area contributed by atoms with Gasteiger partial charge in [-0.25, -0.2) is 4.79 Å². The molecular weight excluding hydrogens is 334 g/mol. The predicted octanol–water partition coefficient (Wildman–Crippen LogP) is 4.15. The second-order valence-corrected chi connectivity index (χ2v) is 7.15. The number of carbonyl (C=O) groups excluding carboxylic acids is 1. The number of esters is 1. The van der Waals surface area contributed by atoms with Crippen molar-refractivity contribution < 1.29 is 24.9 Å². The zero-order valence-corrected chi connectivity index (χ0v) is 15.1. The molecule has 0 aliphatic heterocycles. The summed E-state index contributed by atoms with van der Waals surface area (Å²) >= 11 is 0. The van der Waals surface area contributed by atoms with Gasteiger partial charge in [0.15, 0.2) is 0 Å². The van der Waals surface area contributed by atoms with E-state index in [1.807, 2.05) is 20.8 Å². The van der Waals surface area contributed by atoms with E-state index in [1.165, 1.54) is 42.6 Å². The van der Waals surface area contributed by atoms with Crippen LogP contribution in [0, 0.1) is 5.41 Å². The molecule has 0 atom stereocenters. The van der Waals surface area contributed by atoms with Gasteiger partial charge in [-0.2, -0.15) is 0 Å². The van der Waals surface area contributed by atoms with Crippen LogP contribution in [0.25, 0.3) is 0 Å². The maximum Gasteiger partial charge on any atom is 0.341 e. The van der Waals surface area contributed by atoms with Gasteiger partial charge in [0.25, 0.3) is 0 Å². The van der Waals surface area contributed by atoms with Crippen LogP contribution in [0.4, 0.5) is 5.69 Å². The smallest absolute Gasteiger partial charge is 0.341 e. The molecule has 0 amide bonds. The third-order valence-corrected chi connectivity index (χ3v) is 3.65. The number of benzene rings is 2. The van der Waals surface area contributed by atoms with E-state index >= 15 is 0 Å². The van der Waals surface area contributed by atoms with Crippen molar-refractivity contribution >= 4 is 17.9 Å². The van der Waals surface area contributed by atoms with Gasteiger partial charge in [0.2, 0.25) is 0 Å². The molecule has 0 bridgehead atoms. The normalized spacial score (nSPS) is 11.7. The third kappa shape index (κ3) is 5.51. The van der Waals surface area contributed by atoms with Crippen LogP contribution in [0.5, 0.6) is 17.2 Å². The largest absolute Gasteiger partial charge is 0.508 e. The maximum atomic E-state index is 12.2. The maximum absolute atomic E-state index is 12.2. The number of ether oxygens (including phenoxy) is 1. The van der Waals surface area contributed by atoms with Crippen molar-refractivity contribution in [2.75, 3.05) is 6.61 Å². The Morgan fingerprint density at radius 3 is 2.46 bits per heavy atom. The number of hydrogen-bond donors (Lipinski definition) is 3. The van der Waals surface area contributed by atoms with Crippen LogP contribution < -0.4 is 0 Å². The van der Waals surface area contributed by atoms with Crippen molar-refractivity contribution in [1.29, 1.82) is 0 Å². The molecule has 26 heavy (non-hydrogen) atoms. The molecule has 0 aromatic heterocycles. The third-order valence-electron chi connectivity index (χ3n) is 3.65. The van der Waals surface area contributed by atoms with Crippen LogP contribution in [0.1, 0.15) is 43.1 Å². The molecule has 0 aliphatic rings. The van der Waals surface area contributed by atoms with E-state index in [4.69, 9.17) is 4.74 Å². The summed E-state index contributed by atoms with van der Waals surface area (Å²) in [7, 11) is 0. The van der Waals surface area contributed by atoms with Crippen molar-refractivity contribution in [2.45, 2.75) is 27.2 Å². The number of phenols is 3. The van der Waals surface area contributed by atoms with Gasteiger partial charge < -0.3 is 20.1 Å². The summed E-state index contributed by atoms with van der Waals surface area (Å²) in [5.41, 5.74) is 0.784. The lowest BCUT2D eigenvalue weighted by Crippen LogP contribution is -2.13. The van der Waals surface area contributed by atoms with Crippen LogP contribution in [0.3, 0.4) is 0 Å². The molecule has 0 saturated heterocycles. The minimum atomic E-state index is -0.621. The van der Waals surface area contributed by atoms with Crippen LogP contribution in [-0.2, 0) is 4.74 Å². The Balaban J connectivity index is 2.15. The number of rotatable bonds is 5. The van der Waals surface area contributed by atoms with Gasteiger partial charge >= 0.3 is 5.97 Å². The lowest BCUT2D eigenvalue weighted by Gasteiger charge is -2.17. The number of nitrogens with zero attached hydrogens (tertiary/aromatic N) is 1. The van der Waals surface area contributed by atoms with Crippen molar-refractivity contribution in [2.24, 2.45) is 10.4 Å². The highest BCUT2D eigenvalue weighted by molar-refractivity contribution is 5.94. The minimum Gasteiger partial charge on any atom is -0.508 e. The molecule has 3 N–H and O–H groups in total. The van der Waals surface area contributed by atoms with Gasteiger partial charge in [0, 0.05) is 11.8 Å². The highest BCUT2D eigenvalue weighted by Gasteiger charge is 2.16. The molecule has 2 rings (SSSR count). The van der Waals surface area contributed by atoms with E-state index < -0.39 is 5.97 Å². The molecule has 138 valence electrons. The van der Waals surface area contributed by atoms with Crippen LogP contribution in [0.15, 0.2) is 41.4 Å². The fourth-order valence-electron chi connectivity index (χ4n) is 2.08. The van der Waals surface area contributed by atoms with Crippen molar-refractivity contribution in [3.63, 3.8) is 0 Å². The summed E-state index contributed by atoms with van der Waals surface area (Å²) < 4.78 is 5.21. The van der Waals surface area contributed by atoms with Crippen molar-refractivity contribution in [3.05, 3.63) is 47.5 Å². The monoisotopic (exact) mass is 357 g/mol. The van der Waals surface area contributed by atoms with Gasteiger partial charge in [-0.3, -0.25) is 4.99 Å². The summed E-state index contributed by atoms with van der Waals surface area (Å²) in [5.74, 6) is -0.848. The lowest BCUT2D eigenvalue weighted by molar-refractivity contribution is 0.0461. The average Bonchev–Trinajstić information content (AvgIpc) is 2.55. The molecule has 0 aliphatic carbocycles. The van der Waals surface area contributed by atoms with Gasteiger partial charge in [-0.1, -0.05) is 20.8 Å². The molecule has 0 saturated carbocycles. The number of carbonyl (C=O) groups is 1.